The maximum atomic E-state index is 10.3. The molecule has 0 amide bonds. The van der Waals surface area contributed by atoms with E-state index in [4.69, 9.17) is 0 Å². The molecule has 0 radical (unpaired) electrons. The zero-order valence-corrected chi connectivity index (χ0v) is 8.01. The molecule has 0 heterocycles. The van der Waals surface area contributed by atoms with Crippen molar-refractivity contribution >= 4 is 12.2 Å². The van der Waals surface area contributed by atoms with Crippen LogP contribution in [-0.4, -0.2) is 24.2 Å². The Morgan fingerprint density at radius 3 is 2.36 bits per heavy atom. The average molecular weight is 192 g/mol. The van der Waals surface area contributed by atoms with Gasteiger partial charge in [-0.15, -0.1) is 0 Å². The number of hydrogen-bond acceptors (Lipinski definition) is 4. The molecule has 0 aromatic carbocycles. The molecule has 0 saturated heterocycles. The summed E-state index contributed by atoms with van der Waals surface area (Å²) in [6.45, 7) is 2.17. The van der Waals surface area contributed by atoms with Crippen molar-refractivity contribution in [3.05, 3.63) is 0 Å². The standard InChI is InChI=1S/C10H12N2O2/c1-6-2-7-3-8(6)10(12-5-14)9(7)11-4-13/h6-10H,2-3H2,1H3. The van der Waals surface area contributed by atoms with Crippen molar-refractivity contribution in [2.24, 2.45) is 27.7 Å². The van der Waals surface area contributed by atoms with Gasteiger partial charge in [-0.2, -0.15) is 9.98 Å². The molecule has 2 aliphatic rings. The second-order valence-corrected chi connectivity index (χ2v) is 4.29. The van der Waals surface area contributed by atoms with E-state index in [1.54, 1.807) is 12.2 Å². The summed E-state index contributed by atoms with van der Waals surface area (Å²) in [5, 5.41) is 0. The lowest BCUT2D eigenvalue weighted by atomic mass is 9.84. The van der Waals surface area contributed by atoms with Crippen LogP contribution in [0.25, 0.3) is 0 Å². The van der Waals surface area contributed by atoms with Crippen LogP contribution in [0, 0.1) is 17.8 Å². The van der Waals surface area contributed by atoms with Gasteiger partial charge in [-0.1, -0.05) is 6.92 Å². The third-order valence-electron chi connectivity index (χ3n) is 3.66. The minimum Gasteiger partial charge on any atom is -0.211 e. The van der Waals surface area contributed by atoms with Gasteiger partial charge < -0.3 is 0 Å². The Morgan fingerprint density at radius 2 is 1.71 bits per heavy atom. The van der Waals surface area contributed by atoms with Gasteiger partial charge in [-0.3, -0.25) is 0 Å². The Kier molecular flexibility index (Phi) is 2.32. The summed E-state index contributed by atoms with van der Waals surface area (Å²) in [6, 6.07) is -0.238. The van der Waals surface area contributed by atoms with Gasteiger partial charge in [0.05, 0.1) is 12.1 Å². The van der Waals surface area contributed by atoms with Crippen molar-refractivity contribution in [1.82, 2.24) is 0 Å². The molecule has 4 nitrogen and oxygen atoms in total. The molecular weight excluding hydrogens is 180 g/mol. The van der Waals surface area contributed by atoms with Crippen LogP contribution >= 0.6 is 0 Å². The SMILES string of the molecule is CC1CC2CC1C(N=C=O)C2N=C=O. The number of nitrogens with zero attached hydrogens (tertiary/aromatic N) is 2. The molecular formula is C10H12N2O2. The van der Waals surface area contributed by atoms with Gasteiger partial charge in [0, 0.05) is 0 Å². The summed E-state index contributed by atoms with van der Waals surface area (Å²) in [6.07, 6.45) is 5.29. The Morgan fingerprint density at radius 1 is 1.07 bits per heavy atom. The van der Waals surface area contributed by atoms with Crippen LogP contribution in [-0.2, 0) is 9.59 Å². The van der Waals surface area contributed by atoms with Crippen LogP contribution < -0.4 is 0 Å². The summed E-state index contributed by atoms with van der Waals surface area (Å²) in [5.41, 5.74) is 0. The van der Waals surface area contributed by atoms with Crippen molar-refractivity contribution in [2.75, 3.05) is 0 Å². The molecule has 2 fully saturated rings. The normalized spacial score (nSPS) is 44.2. The van der Waals surface area contributed by atoms with E-state index in [0.717, 1.165) is 12.8 Å². The second kappa shape index (κ2) is 3.49. The van der Waals surface area contributed by atoms with Gasteiger partial charge in [0.25, 0.3) is 0 Å². The number of fused-ring (bicyclic) bond motifs is 2. The maximum Gasteiger partial charge on any atom is 0.235 e. The molecule has 74 valence electrons. The summed E-state index contributed by atoms with van der Waals surface area (Å²) >= 11 is 0. The fraction of sp³-hybridized carbons (Fsp3) is 0.800. The van der Waals surface area contributed by atoms with Crippen molar-refractivity contribution < 1.29 is 9.59 Å². The highest BCUT2D eigenvalue weighted by molar-refractivity contribution is 5.37. The molecule has 0 aliphatic heterocycles. The monoisotopic (exact) mass is 192 g/mol. The molecule has 5 atom stereocenters. The molecule has 14 heavy (non-hydrogen) atoms. The van der Waals surface area contributed by atoms with Gasteiger partial charge in [0.2, 0.25) is 12.2 Å². The Labute approximate surface area is 82.1 Å². The smallest absolute Gasteiger partial charge is 0.211 e. The molecule has 5 unspecified atom stereocenters. The topological polar surface area (TPSA) is 58.9 Å². The summed E-state index contributed by atoms with van der Waals surface area (Å²) in [7, 11) is 0. The lowest BCUT2D eigenvalue weighted by Gasteiger charge is -2.27. The van der Waals surface area contributed by atoms with Gasteiger partial charge in [-0.05, 0) is 30.6 Å². The highest BCUT2D eigenvalue weighted by Gasteiger charge is 2.51. The predicted molar refractivity (Wildman–Crippen MR) is 49.2 cm³/mol. The maximum absolute atomic E-state index is 10.3. The van der Waals surface area contributed by atoms with Gasteiger partial charge in [-0.25, -0.2) is 9.59 Å². The lowest BCUT2D eigenvalue weighted by Crippen LogP contribution is -2.33. The number of carbonyl (C=O) groups excluding carboxylic acids is 2. The first-order valence-electron chi connectivity index (χ1n) is 4.92. The minimum atomic E-state index is -0.123. The molecule has 2 rings (SSSR count). The van der Waals surface area contributed by atoms with Gasteiger partial charge >= 0.3 is 0 Å². The number of hydrogen-bond donors (Lipinski definition) is 0. The Balaban J connectivity index is 2.26. The molecule has 4 heteroatoms. The summed E-state index contributed by atoms with van der Waals surface area (Å²) < 4.78 is 0. The van der Waals surface area contributed by atoms with Crippen molar-refractivity contribution in [3.63, 3.8) is 0 Å². The van der Waals surface area contributed by atoms with Gasteiger partial charge in [0.15, 0.2) is 0 Å². The van der Waals surface area contributed by atoms with E-state index in [1.807, 2.05) is 0 Å². The van der Waals surface area contributed by atoms with Crippen LogP contribution in [0.3, 0.4) is 0 Å². The zero-order valence-electron chi connectivity index (χ0n) is 8.01. The molecule has 0 N–H and O–H groups in total. The van der Waals surface area contributed by atoms with E-state index in [2.05, 4.69) is 16.9 Å². The van der Waals surface area contributed by atoms with Crippen LogP contribution in [0.15, 0.2) is 9.98 Å². The molecule has 2 aliphatic carbocycles. The highest BCUT2D eigenvalue weighted by atomic mass is 16.1. The Bertz CT molecular complexity index is 329. The zero-order chi connectivity index (χ0) is 10.1. The largest absolute Gasteiger partial charge is 0.235 e. The van der Waals surface area contributed by atoms with E-state index in [0.29, 0.717) is 17.8 Å². The molecule has 0 spiro atoms. The van der Waals surface area contributed by atoms with Crippen LogP contribution in [0.2, 0.25) is 0 Å². The second-order valence-electron chi connectivity index (χ2n) is 4.29. The first-order valence-corrected chi connectivity index (χ1v) is 4.92. The third-order valence-corrected chi connectivity index (χ3v) is 3.66. The van der Waals surface area contributed by atoms with Crippen LogP contribution in [0.4, 0.5) is 0 Å². The van der Waals surface area contributed by atoms with E-state index in [9.17, 15) is 9.59 Å². The van der Waals surface area contributed by atoms with Crippen molar-refractivity contribution in [3.8, 4) is 0 Å². The number of isocyanates is 2. The summed E-state index contributed by atoms with van der Waals surface area (Å²) in [4.78, 5) is 28.0. The van der Waals surface area contributed by atoms with E-state index in [-0.39, 0.29) is 12.1 Å². The fourth-order valence-electron chi connectivity index (χ4n) is 3.09. The minimum absolute atomic E-state index is 0.116. The highest BCUT2D eigenvalue weighted by Crippen LogP contribution is 2.50. The molecule has 2 saturated carbocycles. The molecule has 0 aromatic heterocycles. The lowest BCUT2D eigenvalue weighted by molar-refractivity contribution is 0.288. The number of rotatable bonds is 2. The average Bonchev–Trinajstić information content (AvgIpc) is 2.66. The van der Waals surface area contributed by atoms with E-state index < -0.39 is 0 Å². The molecule has 0 aromatic rings. The first-order chi connectivity index (χ1) is 6.77. The Hall–Kier alpha value is -1.24. The number of aliphatic imine (C=N–C) groups is 2. The van der Waals surface area contributed by atoms with E-state index in [1.165, 1.54) is 0 Å². The summed E-state index contributed by atoms with van der Waals surface area (Å²) in [5.74, 6) is 1.40. The van der Waals surface area contributed by atoms with Crippen molar-refractivity contribution in [1.29, 1.82) is 0 Å². The predicted octanol–water partition coefficient (Wildman–Crippen LogP) is 1.07. The van der Waals surface area contributed by atoms with Crippen molar-refractivity contribution in [2.45, 2.75) is 31.8 Å². The third kappa shape index (κ3) is 1.24. The quantitative estimate of drug-likeness (QED) is 0.485. The van der Waals surface area contributed by atoms with Crippen LogP contribution in [0.5, 0.6) is 0 Å². The first kappa shape index (κ1) is 9.32. The molecule has 2 bridgehead atoms. The van der Waals surface area contributed by atoms with Crippen LogP contribution in [0.1, 0.15) is 19.8 Å². The fourth-order valence-corrected chi connectivity index (χ4v) is 3.09. The van der Waals surface area contributed by atoms with Gasteiger partial charge in [0.1, 0.15) is 0 Å². The van der Waals surface area contributed by atoms with E-state index >= 15 is 0 Å².